The molecule has 13 heavy (non-hydrogen) atoms. The predicted molar refractivity (Wildman–Crippen MR) is 52.8 cm³/mol. The third-order valence-electron chi connectivity index (χ3n) is 2.12. The monoisotopic (exact) mass is 194 g/mol. The predicted octanol–water partition coefficient (Wildman–Crippen LogP) is 1.85. The minimum atomic E-state index is -2.91. The molecule has 0 bridgehead atoms. The molecule has 2 rings (SSSR count). The van der Waals surface area contributed by atoms with Gasteiger partial charge in [-0.25, -0.2) is 8.42 Å². The standard InChI is InChI=1S/C10H10O2S/c11-13(12)7-6-10(8-13)9-4-2-1-3-5-9/h1-5,8H,6-7H2. The van der Waals surface area contributed by atoms with Crippen molar-refractivity contribution in [1.29, 1.82) is 0 Å². The van der Waals surface area contributed by atoms with Gasteiger partial charge >= 0.3 is 0 Å². The SMILES string of the molecule is O=S1(=O)C=C(c2ccccc2)CC1. The van der Waals surface area contributed by atoms with Crippen molar-refractivity contribution < 1.29 is 8.42 Å². The Kier molecular flexibility index (Phi) is 1.96. The van der Waals surface area contributed by atoms with Gasteiger partial charge in [0.25, 0.3) is 0 Å². The van der Waals surface area contributed by atoms with E-state index in [1.54, 1.807) is 0 Å². The zero-order chi connectivity index (χ0) is 9.31. The lowest BCUT2D eigenvalue weighted by Gasteiger charge is -1.97. The minimum Gasteiger partial charge on any atom is -0.224 e. The molecule has 0 spiro atoms. The Morgan fingerprint density at radius 1 is 1.08 bits per heavy atom. The topological polar surface area (TPSA) is 34.1 Å². The van der Waals surface area contributed by atoms with E-state index in [1.807, 2.05) is 30.3 Å². The van der Waals surface area contributed by atoms with Gasteiger partial charge in [-0.05, 0) is 17.6 Å². The van der Waals surface area contributed by atoms with Crippen LogP contribution in [0, 0.1) is 0 Å². The lowest BCUT2D eigenvalue weighted by atomic mass is 10.1. The molecule has 1 aromatic rings. The van der Waals surface area contributed by atoms with Crippen molar-refractivity contribution in [3.63, 3.8) is 0 Å². The van der Waals surface area contributed by atoms with Crippen LogP contribution in [0.3, 0.4) is 0 Å². The maximum Gasteiger partial charge on any atom is 0.172 e. The van der Waals surface area contributed by atoms with Crippen LogP contribution in [0.15, 0.2) is 35.7 Å². The summed E-state index contributed by atoms with van der Waals surface area (Å²) in [6.45, 7) is 0. The highest BCUT2D eigenvalue weighted by Crippen LogP contribution is 2.25. The van der Waals surface area contributed by atoms with E-state index in [0.717, 1.165) is 11.1 Å². The van der Waals surface area contributed by atoms with Crippen LogP contribution in [0.1, 0.15) is 12.0 Å². The first-order chi connectivity index (χ1) is 6.17. The molecule has 68 valence electrons. The molecule has 1 aliphatic rings. The summed E-state index contributed by atoms with van der Waals surface area (Å²) in [5.74, 6) is 0.261. The number of hydrogen-bond acceptors (Lipinski definition) is 2. The highest BCUT2D eigenvalue weighted by Gasteiger charge is 2.18. The Morgan fingerprint density at radius 2 is 1.77 bits per heavy atom. The molecule has 0 unspecified atom stereocenters. The van der Waals surface area contributed by atoms with Crippen LogP contribution >= 0.6 is 0 Å². The summed E-state index contributed by atoms with van der Waals surface area (Å²) >= 11 is 0. The lowest BCUT2D eigenvalue weighted by Crippen LogP contribution is -1.92. The van der Waals surface area contributed by atoms with Crippen LogP contribution < -0.4 is 0 Å². The molecule has 0 N–H and O–H groups in total. The van der Waals surface area contributed by atoms with Gasteiger partial charge in [-0.2, -0.15) is 0 Å². The normalized spacial score (nSPS) is 19.8. The molecule has 0 atom stereocenters. The first kappa shape index (κ1) is 8.51. The zero-order valence-corrected chi connectivity index (χ0v) is 7.92. The summed E-state index contributed by atoms with van der Waals surface area (Å²) in [5, 5.41) is 1.39. The van der Waals surface area contributed by atoms with Crippen molar-refractivity contribution in [2.24, 2.45) is 0 Å². The number of rotatable bonds is 1. The number of sulfone groups is 1. The van der Waals surface area contributed by atoms with E-state index in [9.17, 15) is 8.42 Å². The highest BCUT2D eigenvalue weighted by molar-refractivity contribution is 7.94. The molecule has 1 heterocycles. The second-order valence-electron chi connectivity index (χ2n) is 3.13. The molecular formula is C10H10O2S. The third-order valence-corrected chi connectivity index (χ3v) is 3.54. The van der Waals surface area contributed by atoms with Crippen molar-refractivity contribution >= 4 is 15.4 Å². The molecule has 0 saturated carbocycles. The summed E-state index contributed by atoms with van der Waals surface area (Å²) < 4.78 is 22.3. The van der Waals surface area contributed by atoms with E-state index in [-0.39, 0.29) is 5.75 Å². The van der Waals surface area contributed by atoms with Crippen LogP contribution in [0.25, 0.3) is 5.57 Å². The quantitative estimate of drug-likeness (QED) is 0.683. The number of allylic oxidation sites excluding steroid dienone is 1. The fourth-order valence-corrected chi connectivity index (χ4v) is 2.76. The Bertz CT molecular complexity index is 429. The smallest absolute Gasteiger partial charge is 0.172 e. The average molecular weight is 194 g/mol. The summed E-state index contributed by atoms with van der Waals surface area (Å²) in [6.07, 6.45) is 0.645. The van der Waals surface area contributed by atoms with E-state index in [1.165, 1.54) is 5.41 Å². The zero-order valence-electron chi connectivity index (χ0n) is 7.10. The Morgan fingerprint density at radius 3 is 2.31 bits per heavy atom. The lowest BCUT2D eigenvalue weighted by molar-refractivity contribution is 0.606. The average Bonchev–Trinajstić information content (AvgIpc) is 2.48. The van der Waals surface area contributed by atoms with Crippen LogP contribution in [-0.4, -0.2) is 14.2 Å². The number of benzene rings is 1. The fraction of sp³-hybridized carbons (Fsp3) is 0.200. The van der Waals surface area contributed by atoms with Crippen LogP contribution in [0.5, 0.6) is 0 Å². The maximum absolute atomic E-state index is 11.1. The third kappa shape index (κ3) is 1.80. The minimum absolute atomic E-state index is 0.261. The molecule has 0 radical (unpaired) electrons. The van der Waals surface area contributed by atoms with Gasteiger partial charge in [-0.15, -0.1) is 0 Å². The van der Waals surface area contributed by atoms with Crippen molar-refractivity contribution in [1.82, 2.24) is 0 Å². The Balaban J connectivity index is 2.41. The molecule has 2 nitrogen and oxygen atoms in total. The van der Waals surface area contributed by atoms with Gasteiger partial charge in [-0.3, -0.25) is 0 Å². The largest absolute Gasteiger partial charge is 0.224 e. The maximum atomic E-state index is 11.1. The number of hydrogen-bond donors (Lipinski definition) is 0. The van der Waals surface area contributed by atoms with Gasteiger partial charge < -0.3 is 0 Å². The van der Waals surface area contributed by atoms with Crippen molar-refractivity contribution in [3.8, 4) is 0 Å². The van der Waals surface area contributed by atoms with E-state index < -0.39 is 9.84 Å². The van der Waals surface area contributed by atoms with E-state index >= 15 is 0 Å². The molecule has 0 amide bonds. The van der Waals surface area contributed by atoms with E-state index in [4.69, 9.17) is 0 Å². The second-order valence-corrected chi connectivity index (χ2v) is 5.10. The first-order valence-corrected chi connectivity index (χ1v) is 5.88. The highest BCUT2D eigenvalue weighted by atomic mass is 32.2. The Labute approximate surface area is 77.8 Å². The molecular weight excluding hydrogens is 184 g/mol. The van der Waals surface area contributed by atoms with Crippen molar-refractivity contribution in [2.75, 3.05) is 5.75 Å². The summed E-state index contributed by atoms with van der Waals surface area (Å²) in [6, 6.07) is 9.63. The van der Waals surface area contributed by atoms with Crippen molar-refractivity contribution in [2.45, 2.75) is 6.42 Å². The molecule has 0 aliphatic carbocycles. The second kappa shape index (κ2) is 3.00. The van der Waals surface area contributed by atoms with Gasteiger partial charge in [0.2, 0.25) is 0 Å². The van der Waals surface area contributed by atoms with Crippen LogP contribution in [-0.2, 0) is 9.84 Å². The van der Waals surface area contributed by atoms with Gasteiger partial charge in [0, 0.05) is 5.41 Å². The van der Waals surface area contributed by atoms with Crippen LogP contribution in [0.2, 0.25) is 0 Å². The van der Waals surface area contributed by atoms with Gasteiger partial charge in [0.1, 0.15) is 0 Å². The summed E-state index contributed by atoms with van der Waals surface area (Å²) in [4.78, 5) is 0. The fourth-order valence-electron chi connectivity index (χ4n) is 1.45. The molecule has 0 saturated heterocycles. The molecule has 1 aliphatic heterocycles. The Hall–Kier alpha value is -1.09. The van der Waals surface area contributed by atoms with E-state index in [0.29, 0.717) is 6.42 Å². The molecule has 0 fully saturated rings. The van der Waals surface area contributed by atoms with Gasteiger partial charge in [0.05, 0.1) is 5.75 Å². The van der Waals surface area contributed by atoms with E-state index in [2.05, 4.69) is 0 Å². The summed E-state index contributed by atoms with van der Waals surface area (Å²) in [7, 11) is -2.91. The first-order valence-electron chi connectivity index (χ1n) is 4.16. The summed E-state index contributed by atoms with van der Waals surface area (Å²) in [5.41, 5.74) is 1.95. The van der Waals surface area contributed by atoms with Crippen molar-refractivity contribution in [3.05, 3.63) is 41.3 Å². The molecule has 1 aromatic carbocycles. The molecule has 3 heteroatoms. The van der Waals surface area contributed by atoms with Gasteiger partial charge in [0.15, 0.2) is 9.84 Å². The van der Waals surface area contributed by atoms with Gasteiger partial charge in [-0.1, -0.05) is 30.3 Å². The van der Waals surface area contributed by atoms with Crippen LogP contribution in [0.4, 0.5) is 0 Å². The molecule has 0 aromatic heterocycles.